The van der Waals surface area contributed by atoms with E-state index in [4.69, 9.17) is 4.42 Å². The van der Waals surface area contributed by atoms with Gasteiger partial charge in [0.25, 0.3) is 0 Å². The predicted molar refractivity (Wildman–Crippen MR) is 78.6 cm³/mol. The normalized spacial score (nSPS) is 19.9. The number of sulfonamides is 1. The average molecular weight is 310 g/mol. The van der Waals surface area contributed by atoms with E-state index in [0.29, 0.717) is 18.6 Å². The van der Waals surface area contributed by atoms with Gasteiger partial charge in [-0.05, 0) is 30.4 Å². The van der Waals surface area contributed by atoms with Crippen LogP contribution in [0.3, 0.4) is 0 Å². The molecule has 0 unspecified atom stereocenters. The molecule has 1 aromatic carbocycles. The molecule has 1 aromatic heterocycles. The van der Waals surface area contributed by atoms with Crippen LogP contribution >= 0.6 is 0 Å². The second kappa shape index (κ2) is 4.71. The minimum Gasteiger partial charge on any atom is -0.408 e. The number of H-pyrrole nitrogens is 1. The molecular formula is C14H18N2O4S. The molecule has 0 aliphatic carbocycles. The maximum atomic E-state index is 12.6. The standard InChI is InChI=1S/C14H18N2O4S/c1-14(2)5-7-16(8-6-14)21(18,19)10-3-4-11-12(9-10)20-13(17)15-11/h3-4,9H,5-8H2,1-2H3,(H,15,17). The Balaban J connectivity index is 1.94. The van der Waals surface area contributed by atoms with Crippen LogP contribution in [-0.2, 0) is 10.0 Å². The van der Waals surface area contributed by atoms with Gasteiger partial charge in [0.15, 0.2) is 5.58 Å². The van der Waals surface area contributed by atoms with Crippen LogP contribution in [0.2, 0.25) is 0 Å². The lowest BCUT2D eigenvalue weighted by Gasteiger charge is -2.36. The zero-order chi connectivity index (χ0) is 15.3. The molecule has 1 aliphatic rings. The molecule has 0 spiro atoms. The van der Waals surface area contributed by atoms with Gasteiger partial charge in [-0.1, -0.05) is 13.8 Å². The highest BCUT2D eigenvalue weighted by molar-refractivity contribution is 7.89. The summed E-state index contributed by atoms with van der Waals surface area (Å²) in [5.41, 5.74) is 0.945. The summed E-state index contributed by atoms with van der Waals surface area (Å²) in [6, 6.07) is 4.46. The third kappa shape index (κ3) is 2.63. The van der Waals surface area contributed by atoms with Crippen LogP contribution in [0.15, 0.2) is 32.3 Å². The zero-order valence-electron chi connectivity index (χ0n) is 12.0. The maximum Gasteiger partial charge on any atom is 0.417 e. The van der Waals surface area contributed by atoms with Gasteiger partial charge in [0.2, 0.25) is 10.0 Å². The Bertz CT molecular complexity index is 822. The molecule has 1 fully saturated rings. The average Bonchev–Trinajstić information content (AvgIpc) is 2.77. The Hall–Kier alpha value is -1.60. The van der Waals surface area contributed by atoms with Crippen molar-refractivity contribution in [1.82, 2.24) is 9.29 Å². The summed E-state index contributed by atoms with van der Waals surface area (Å²) in [5.74, 6) is -0.584. The van der Waals surface area contributed by atoms with Crippen LogP contribution < -0.4 is 5.76 Å². The van der Waals surface area contributed by atoms with Crippen molar-refractivity contribution in [3.05, 3.63) is 28.7 Å². The minimum absolute atomic E-state index is 0.164. The quantitative estimate of drug-likeness (QED) is 0.918. The fourth-order valence-electron chi connectivity index (χ4n) is 2.57. The number of piperidine rings is 1. The van der Waals surface area contributed by atoms with Crippen molar-refractivity contribution in [3.8, 4) is 0 Å². The van der Waals surface area contributed by atoms with E-state index in [-0.39, 0.29) is 15.9 Å². The molecule has 0 saturated carbocycles. The first-order valence-electron chi connectivity index (χ1n) is 6.91. The third-order valence-corrected chi connectivity index (χ3v) is 6.00. The summed E-state index contributed by atoms with van der Waals surface area (Å²) < 4.78 is 31.7. The van der Waals surface area contributed by atoms with Gasteiger partial charge in [-0.2, -0.15) is 4.31 Å². The van der Waals surface area contributed by atoms with Crippen LogP contribution in [0.4, 0.5) is 0 Å². The topological polar surface area (TPSA) is 83.4 Å². The van der Waals surface area contributed by atoms with E-state index in [1.807, 2.05) is 0 Å². The van der Waals surface area contributed by atoms with Crippen LogP contribution in [0.5, 0.6) is 0 Å². The number of oxazole rings is 1. The van der Waals surface area contributed by atoms with Crippen LogP contribution in [-0.4, -0.2) is 30.8 Å². The summed E-state index contributed by atoms with van der Waals surface area (Å²) in [7, 11) is -3.54. The molecule has 1 N–H and O–H groups in total. The van der Waals surface area contributed by atoms with Gasteiger partial charge in [-0.15, -0.1) is 0 Å². The number of aromatic amines is 1. The first kappa shape index (κ1) is 14.3. The molecule has 0 radical (unpaired) electrons. The fourth-order valence-corrected chi connectivity index (χ4v) is 4.02. The van der Waals surface area contributed by atoms with Crippen molar-refractivity contribution in [1.29, 1.82) is 0 Å². The van der Waals surface area contributed by atoms with Crippen LogP contribution in [0.25, 0.3) is 11.1 Å². The van der Waals surface area contributed by atoms with Crippen molar-refractivity contribution in [3.63, 3.8) is 0 Å². The molecule has 2 heterocycles. The maximum absolute atomic E-state index is 12.6. The van der Waals surface area contributed by atoms with Gasteiger partial charge in [0.1, 0.15) is 0 Å². The molecule has 0 atom stereocenters. The second-order valence-corrected chi connectivity index (χ2v) is 8.18. The highest BCUT2D eigenvalue weighted by atomic mass is 32.2. The van der Waals surface area contributed by atoms with Gasteiger partial charge in [-0.25, -0.2) is 13.2 Å². The molecule has 6 nitrogen and oxygen atoms in total. The molecular weight excluding hydrogens is 292 g/mol. The van der Waals surface area contributed by atoms with Crippen molar-refractivity contribution in [2.24, 2.45) is 5.41 Å². The van der Waals surface area contributed by atoms with Crippen LogP contribution in [0.1, 0.15) is 26.7 Å². The van der Waals surface area contributed by atoms with Crippen molar-refractivity contribution in [2.45, 2.75) is 31.6 Å². The van der Waals surface area contributed by atoms with Gasteiger partial charge in [0, 0.05) is 19.2 Å². The highest BCUT2D eigenvalue weighted by Gasteiger charge is 2.32. The third-order valence-electron chi connectivity index (χ3n) is 4.11. The first-order chi connectivity index (χ1) is 9.78. The largest absolute Gasteiger partial charge is 0.417 e. The summed E-state index contributed by atoms with van der Waals surface area (Å²) >= 11 is 0. The lowest BCUT2D eigenvalue weighted by Crippen LogP contribution is -2.41. The molecule has 3 rings (SSSR count). The van der Waals surface area contributed by atoms with E-state index in [1.165, 1.54) is 16.4 Å². The molecule has 114 valence electrons. The molecule has 21 heavy (non-hydrogen) atoms. The Labute approximate surface area is 122 Å². The zero-order valence-corrected chi connectivity index (χ0v) is 12.9. The summed E-state index contributed by atoms with van der Waals surface area (Å²) in [6.07, 6.45) is 1.68. The number of hydrogen-bond donors (Lipinski definition) is 1. The van der Waals surface area contributed by atoms with Crippen molar-refractivity contribution >= 4 is 21.1 Å². The van der Waals surface area contributed by atoms with Crippen molar-refractivity contribution in [2.75, 3.05) is 13.1 Å². The number of benzene rings is 1. The Morgan fingerprint density at radius 1 is 1.24 bits per heavy atom. The van der Waals surface area contributed by atoms with Gasteiger partial charge >= 0.3 is 5.76 Å². The number of hydrogen-bond acceptors (Lipinski definition) is 4. The first-order valence-corrected chi connectivity index (χ1v) is 8.35. The molecule has 0 amide bonds. The van der Waals surface area contributed by atoms with E-state index in [0.717, 1.165) is 12.8 Å². The second-order valence-electron chi connectivity index (χ2n) is 6.24. The minimum atomic E-state index is -3.54. The van der Waals surface area contributed by atoms with E-state index in [1.54, 1.807) is 6.07 Å². The molecule has 1 saturated heterocycles. The van der Waals surface area contributed by atoms with E-state index in [2.05, 4.69) is 18.8 Å². The summed E-state index contributed by atoms with van der Waals surface area (Å²) in [4.78, 5) is 13.8. The Morgan fingerprint density at radius 2 is 1.90 bits per heavy atom. The van der Waals surface area contributed by atoms with Gasteiger partial charge < -0.3 is 4.42 Å². The summed E-state index contributed by atoms with van der Waals surface area (Å²) in [5, 5.41) is 0. The highest BCUT2D eigenvalue weighted by Crippen LogP contribution is 2.32. The SMILES string of the molecule is CC1(C)CCN(S(=O)(=O)c2ccc3[nH]c(=O)oc3c2)CC1. The van der Waals surface area contributed by atoms with Gasteiger partial charge in [-0.3, -0.25) is 4.98 Å². The van der Waals surface area contributed by atoms with E-state index in [9.17, 15) is 13.2 Å². The Kier molecular flexibility index (Phi) is 3.22. The predicted octanol–water partition coefficient (Wildman–Crippen LogP) is 1.93. The number of rotatable bonds is 2. The molecule has 0 bridgehead atoms. The van der Waals surface area contributed by atoms with E-state index < -0.39 is 15.8 Å². The summed E-state index contributed by atoms with van der Waals surface area (Å²) in [6.45, 7) is 5.34. The fraction of sp³-hybridized carbons (Fsp3) is 0.500. The van der Waals surface area contributed by atoms with Crippen LogP contribution in [0, 0.1) is 5.41 Å². The molecule has 7 heteroatoms. The number of nitrogens with one attached hydrogen (secondary N) is 1. The van der Waals surface area contributed by atoms with Gasteiger partial charge in [0.05, 0.1) is 10.4 Å². The van der Waals surface area contributed by atoms with Crippen molar-refractivity contribution < 1.29 is 12.8 Å². The smallest absolute Gasteiger partial charge is 0.408 e. The molecule has 1 aliphatic heterocycles. The monoisotopic (exact) mass is 310 g/mol. The number of nitrogens with zero attached hydrogens (tertiary/aromatic N) is 1. The lowest BCUT2D eigenvalue weighted by molar-refractivity contribution is 0.196. The number of aromatic nitrogens is 1. The Morgan fingerprint density at radius 3 is 2.57 bits per heavy atom. The van der Waals surface area contributed by atoms with E-state index >= 15 is 0 Å². The number of fused-ring (bicyclic) bond motifs is 1. The molecule has 2 aromatic rings. The lowest BCUT2D eigenvalue weighted by atomic mass is 9.83.